The Labute approximate surface area is 169 Å². The van der Waals surface area contributed by atoms with Crippen LogP contribution in [0.4, 0.5) is 0 Å². The van der Waals surface area contributed by atoms with Crippen LogP contribution in [0, 0.1) is 0 Å². The number of β-amino-alcohol motifs (C(OH)–C–C–N with tert-alkyl or cyclic N) is 1. The molecule has 0 aliphatic carbocycles. The van der Waals surface area contributed by atoms with Crippen LogP contribution in [0.2, 0.25) is 0 Å². The molecule has 1 amide bonds. The average molecular weight is 394 g/mol. The van der Waals surface area contributed by atoms with E-state index in [4.69, 9.17) is 4.74 Å². The second-order valence-electron chi connectivity index (χ2n) is 7.49. The highest BCUT2D eigenvalue weighted by Crippen LogP contribution is 2.20. The van der Waals surface area contributed by atoms with Crippen LogP contribution in [-0.2, 0) is 24.8 Å². The molecule has 0 saturated heterocycles. The Morgan fingerprint density at radius 1 is 1.28 bits per heavy atom. The molecule has 1 atom stereocenters. The fraction of sp³-hybridized carbons (Fsp3) is 0.364. The lowest BCUT2D eigenvalue weighted by Crippen LogP contribution is -2.42. The number of aryl methyl sites for hydroxylation is 1. The molecule has 152 valence electrons. The molecular formula is C22H26N4O3. The lowest BCUT2D eigenvalue weighted by atomic mass is 10.00. The molecule has 4 rings (SSSR count). The fourth-order valence-electron chi connectivity index (χ4n) is 3.72. The third-order valence-electron chi connectivity index (χ3n) is 5.30. The summed E-state index contributed by atoms with van der Waals surface area (Å²) in [7, 11) is 1.86. The summed E-state index contributed by atoms with van der Waals surface area (Å²) in [6.45, 7) is 2.41. The number of hydrogen-bond donors (Lipinski definition) is 2. The minimum atomic E-state index is -0.616. The lowest BCUT2D eigenvalue weighted by Gasteiger charge is -2.30. The summed E-state index contributed by atoms with van der Waals surface area (Å²) in [5.41, 5.74) is 3.64. The number of nitrogens with one attached hydrogen (secondary N) is 1. The predicted molar refractivity (Wildman–Crippen MR) is 111 cm³/mol. The Kier molecular flexibility index (Phi) is 5.78. The monoisotopic (exact) mass is 394 g/mol. The Bertz CT molecular complexity index is 1000. The molecule has 29 heavy (non-hydrogen) atoms. The molecule has 0 spiro atoms. The first kappa shape index (κ1) is 19.4. The van der Waals surface area contributed by atoms with Gasteiger partial charge in [0, 0.05) is 44.7 Å². The van der Waals surface area contributed by atoms with Gasteiger partial charge in [0.05, 0.1) is 17.8 Å². The zero-order valence-electron chi connectivity index (χ0n) is 16.5. The van der Waals surface area contributed by atoms with E-state index in [1.54, 1.807) is 10.9 Å². The maximum absolute atomic E-state index is 12.1. The van der Waals surface area contributed by atoms with Crippen molar-refractivity contribution in [3.63, 3.8) is 0 Å². The number of aliphatic hydroxyl groups excluding tert-OH is 1. The van der Waals surface area contributed by atoms with Gasteiger partial charge in [-0.1, -0.05) is 24.3 Å². The van der Waals surface area contributed by atoms with E-state index in [0.717, 1.165) is 30.4 Å². The Balaban J connectivity index is 1.20. The van der Waals surface area contributed by atoms with Gasteiger partial charge in [0.2, 0.25) is 0 Å². The van der Waals surface area contributed by atoms with E-state index in [1.165, 1.54) is 11.1 Å². The van der Waals surface area contributed by atoms with Crippen LogP contribution < -0.4 is 10.1 Å². The Morgan fingerprint density at radius 2 is 2.10 bits per heavy atom. The molecule has 3 aromatic rings. The van der Waals surface area contributed by atoms with Gasteiger partial charge in [0.15, 0.2) is 6.61 Å². The molecule has 0 fully saturated rings. The first-order valence-electron chi connectivity index (χ1n) is 9.87. The molecule has 0 bridgehead atoms. The molecule has 1 aliphatic heterocycles. The van der Waals surface area contributed by atoms with Crippen molar-refractivity contribution in [1.82, 2.24) is 20.0 Å². The molecule has 2 N–H and O–H groups in total. The van der Waals surface area contributed by atoms with E-state index < -0.39 is 6.10 Å². The Hall–Kier alpha value is -2.90. The number of fused-ring (bicyclic) bond motifs is 2. The zero-order valence-corrected chi connectivity index (χ0v) is 16.5. The molecule has 1 aliphatic rings. The van der Waals surface area contributed by atoms with E-state index in [2.05, 4.69) is 33.5 Å². The quantitative estimate of drug-likeness (QED) is 0.635. The van der Waals surface area contributed by atoms with Crippen LogP contribution >= 0.6 is 0 Å². The maximum atomic E-state index is 12.1. The number of benzene rings is 2. The van der Waals surface area contributed by atoms with Crippen molar-refractivity contribution in [3.8, 4) is 5.75 Å². The summed E-state index contributed by atoms with van der Waals surface area (Å²) < 4.78 is 7.34. The Morgan fingerprint density at radius 3 is 2.97 bits per heavy atom. The second kappa shape index (κ2) is 8.63. The van der Waals surface area contributed by atoms with Gasteiger partial charge in [-0.2, -0.15) is 5.10 Å². The predicted octanol–water partition coefficient (Wildman–Crippen LogP) is 1.49. The van der Waals surface area contributed by atoms with Crippen LogP contribution in [-0.4, -0.2) is 58.0 Å². The largest absolute Gasteiger partial charge is 0.484 e. The summed E-state index contributed by atoms with van der Waals surface area (Å²) in [6, 6.07) is 14.0. The fourth-order valence-corrected chi connectivity index (χ4v) is 3.72. The first-order valence-corrected chi connectivity index (χ1v) is 9.87. The highest BCUT2D eigenvalue weighted by Gasteiger charge is 2.18. The topological polar surface area (TPSA) is 79.6 Å². The summed E-state index contributed by atoms with van der Waals surface area (Å²) in [4.78, 5) is 14.3. The number of aromatic nitrogens is 2. The van der Waals surface area contributed by atoms with Gasteiger partial charge >= 0.3 is 0 Å². The molecule has 0 radical (unpaired) electrons. The van der Waals surface area contributed by atoms with Crippen LogP contribution in [0.25, 0.3) is 10.9 Å². The summed E-state index contributed by atoms with van der Waals surface area (Å²) in [6.07, 6.45) is 2.16. The number of hydrogen-bond acceptors (Lipinski definition) is 5. The highest BCUT2D eigenvalue weighted by molar-refractivity contribution is 5.80. The van der Waals surface area contributed by atoms with Gasteiger partial charge < -0.3 is 15.2 Å². The van der Waals surface area contributed by atoms with E-state index in [-0.39, 0.29) is 19.1 Å². The van der Waals surface area contributed by atoms with Crippen molar-refractivity contribution in [2.24, 2.45) is 7.05 Å². The lowest BCUT2D eigenvalue weighted by molar-refractivity contribution is -0.123. The maximum Gasteiger partial charge on any atom is 0.258 e. The van der Waals surface area contributed by atoms with Crippen molar-refractivity contribution < 1.29 is 14.6 Å². The van der Waals surface area contributed by atoms with Crippen LogP contribution in [0.3, 0.4) is 0 Å². The minimum absolute atomic E-state index is 0.0901. The average Bonchev–Trinajstić information content (AvgIpc) is 3.11. The number of nitrogens with zero attached hydrogens (tertiary/aromatic N) is 3. The van der Waals surface area contributed by atoms with Crippen LogP contribution in [0.15, 0.2) is 48.7 Å². The van der Waals surface area contributed by atoms with Gasteiger partial charge in [0.25, 0.3) is 5.91 Å². The van der Waals surface area contributed by atoms with Crippen LogP contribution in [0.5, 0.6) is 5.75 Å². The number of carbonyl (C=O) groups is 1. The normalized spacial score (nSPS) is 15.1. The number of carbonyl (C=O) groups excluding carboxylic acids is 1. The third kappa shape index (κ3) is 4.75. The number of amides is 1. The third-order valence-corrected chi connectivity index (χ3v) is 5.30. The molecule has 2 heterocycles. The van der Waals surface area contributed by atoms with Gasteiger partial charge in [-0.05, 0) is 29.7 Å². The second-order valence-corrected chi connectivity index (χ2v) is 7.49. The van der Waals surface area contributed by atoms with Crippen molar-refractivity contribution >= 4 is 16.8 Å². The minimum Gasteiger partial charge on any atom is -0.484 e. The molecule has 1 unspecified atom stereocenters. The number of rotatable bonds is 7. The van der Waals surface area contributed by atoms with Crippen molar-refractivity contribution in [2.75, 3.05) is 26.2 Å². The van der Waals surface area contributed by atoms with E-state index in [1.807, 2.05) is 31.3 Å². The molecule has 7 nitrogen and oxygen atoms in total. The summed E-state index contributed by atoms with van der Waals surface area (Å²) >= 11 is 0. The van der Waals surface area contributed by atoms with Gasteiger partial charge in [-0.25, -0.2) is 0 Å². The highest BCUT2D eigenvalue weighted by atomic mass is 16.5. The van der Waals surface area contributed by atoms with Crippen molar-refractivity contribution in [1.29, 1.82) is 0 Å². The number of ether oxygens (including phenoxy) is 1. The van der Waals surface area contributed by atoms with Gasteiger partial charge in [-0.15, -0.1) is 0 Å². The van der Waals surface area contributed by atoms with Crippen molar-refractivity contribution in [2.45, 2.75) is 19.1 Å². The summed E-state index contributed by atoms with van der Waals surface area (Å²) in [5.74, 6) is 0.363. The van der Waals surface area contributed by atoms with Crippen molar-refractivity contribution in [3.05, 3.63) is 59.8 Å². The van der Waals surface area contributed by atoms with E-state index >= 15 is 0 Å². The van der Waals surface area contributed by atoms with Crippen LogP contribution in [0.1, 0.15) is 11.1 Å². The number of aliphatic hydroxyl groups is 1. The molecule has 1 aromatic heterocycles. The molecule has 7 heteroatoms. The molecular weight excluding hydrogens is 368 g/mol. The standard InChI is InChI=1S/C22H26N4O3/c1-25-21-10-20(7-6-17(21)11-24-25)29-15-22(28)23-12-19(27)14-26-9-8-16-4-2-3-5-18(16)13-26/h2-7,10-11,19,27H,8-9,12-15H2,1H3,(H,23,28). The van der Waals surface area contributed by atoms with Gasteiger partial charge in [-0.3, -0.25) is 14.4 Å². The smallest absolute Gasteiger partial charge is 0.258 e. The first-order chi connectivity index (χ1) is 14.1. The van der Waals surface area contributed by atoms with Gasteiger partial charge in [0.1, 0.15) is 5.75 Å². The zero-order chi connectivity index (χ0) is 20.2. The summed E-state index contributed by atoms with van der Waals surface area (Å²) in [5, 5.41) is 18.3. The van der Waals surface area contributed by atoms with E-state index in [0.29, 0.717) is 12.3 Å². The van der Waals surface area contributed by atoms with E-state index in [9.17, 15) is 9.90 Å². The molecule has 2 aromatic carbocycles. The SMILES string of the molecule is Cn1ncc2ccc(OCC(=O)NCC(O)CN3CCc4ccccc4C3)cc21. The molecule has 0 saturated carbocycles.